The number of pyridine rings is 2. The fourth-order valence-corrected chi connectivity index (χ4v) is 1.92. The Morgan fingerprint density at radius 3 is 1.95 bits per heavy atom. The van der Waals surface area contributed by atoms with Crippen molar-refractivity contribution in [1.82, 2.24) is 19.7 Å². The Labute approximate surface area is 141 Å². The van der Waals surface area contributed by atoms with Crippen LogP contribution in [0.25, 0.3) is 5.82 Å². The summed E-state index contributed by atoms with van der Waals surface area (Å²) in [5.41, 5.74) is 0. The molecule has 4 nitrogen and oxygen atoms in total. The quantitative estimate of drug-likeness (QED) is 0.575. The molecule has 0 aliphatic rings. The van der Waals surface area contributed by atoms with Crippen LogP contribution < -0.4 is 0 Å². The van der Waals surface area contributed by atoms with Crippen molar-refractivity contribution in [2.24, 2.45) is 0 Å². The smallest absolute Gasteiger partial charge is 0.172 e. The van der Waals surface area contributed by atoms with E-state index in [2.05, 4.69) is 15.1 Å². The lowest BCUT2D eigenvalue weighted by Gasteiger charge is -2.00. The summed E-state index contributed by atoms with van der Waals surface area (Å²) in [6.45, 7) is 0. The molecule has 0 saturated carbocycles. The van der Waals surface area contributed by atoms with Gasteiger partial charge in [-0.25, -0.2) is 14.6 Å². The summed E-state index contributed by atoms with van der Waals surface area (Å²) in [6.07, 6.45) is 4.95. The molecule has 0 aliphatic carbocycles. The van der Waals surface area contributed by atoms with Gasteiger partial charge in [-0.15, -0.1) is 0 Å². The highest BCUT2D eigenvalue weighted by molar-refractivity contribution is 6.41. The van der Waals surface area contributed by atoms with Gasteiger partial charge >= 0.3 is 0 Å². The first kappa shape index (κ1) is 16.0. The third-order valence-electron chi connectivity index (χ3n) is 2.23. The molecule has 3 aromatic heterocycles. The van der Waals surface area contributed by atoms with E-state index in [0.717, 1.165) is 0 Å². The van der Waals surface area contributed by atoms with Crippen LogP contribution in [0.2, 0.25) is 20.4 Å². The molecule has 0 bridgehead atoms. The average molecular weight is 362 g/mol. The van der Waals surface area contributed by atoms with Crippen molar-refractivity contribution in [2.45, 2.75) is 0 Å². The molecule has 0 unspecified atom stereocenters. The first-order valence-corrected chi connectivity index (χ1v) is 7.17. The van der Waals surface area contributed by atoms with Crippen molar-refractivity contribution in [3.05, 3.63) is 69.3 Å². The van der Waals surface area contributed by atoms with E-state index >= 15 is 0 Å². The third kappa shape index (κ3) is 4.58. The fraction of sp³-hybridized carbons (Fsp3) is 0. The molecular formula is C13H8Cl4N4. The van der Waals surface area contributed by atoms with Crippen LogP contribution in [0.15, 0.2) is 48.9 Å². The maximum absolute atomic E-state index is 5.90. The lowest BCUT2D eigenvalue weighted by Crippen LogP contribution is -1.97. The molecule has 21 heavy (non-hydrogen) atoms. The highest BCUT2D eigenvalue weighted by Crippen LogP contribution is 2.17. The van der Waals surface area contributed by atoms with Crippen LogP contribution in [0.4, 0.5) is 0 Å². The molecule has 0 N–H and O–H groups in total. The Hall–Kier alpha value is -1.33. The van der Waals surface area contributed by atoms with Gasteiger partial charge < -0.3 is 0 Å². The van der Waals surface area contributed by atoms with Crippen molar-refractivity contribution >= 4 is 46.4 Å². The van der Waals surface area contributed by atoms with Gasteiger partial charge in [-0.3, -0.25) is 0 Å². The second kappa shape index (κ2) is 7.61. The minimum atomic E-state index is 0.356. The maximum atomic E-state index is 5.90. The van der Waals surface area contributed by atoms with Crippen molar-refractivity contribution in [2.75, 3.05) is 0 Å². The highest BCUT2D eigenvalue weighted by atomic mass is 35.5. The largest absolute Gasteiger partial charge is 0.243 e. The molecular weight excluding hydrogens is 354 g/mol. The number of rotatable bonds is 1. The Kier molecular flexibility index (Phi) is 5.82. The summed E-state index contributed by atoms with van der Waals surface area (Å²) in [5.74, 6) is 0.580. The van der Waals surface area contributed by atoms with Gasteiger partial charge in [-0.1, -0.05) is 46.4 Å². The molecule has 3 heterocycles. The fourth-order valence-electron chi connectivity index (χ4n) is 1.33. The molecule has 8 heteroatoms. The van der Waals surface area contributed by atoms with Crippen LogP contribution in [-0.2, 0) is 0 Å². The topological polar surface area (TPSA) is 43.6 Å². The maximum Gasteiger partial charge on any atom is 0.172 e. The zero-order chi connectivity index (χ0) is 15.2. The lowest BCUT2D eigenvalue weighted by molar-refractivity contribution is 0.847. The molecule has 3 rings (SSSR count). The van der Waals surface area contributed by atoms with Gasteiger partial charge in [-0.05, 0) is 30.3 Å². The molecule has 0 fully saturated rings. The zero-order valence-corrected chi connectivity index (χ0v) is 13.4. The minimum absolute atomic E-state index is 0.356. The Morgan fingerprint density at radius 1 is 0.810 bits per heavy atom. The van der Waals surface area contributed by atoms with E-state index < -0.39 is 0 Å². The normalized spacial score (nSPS) is 9.90. The first-order chi connectivity index (χ1) is 10.1. The van der Waals surface area contributed by atoms with Crippen molar-refractivity contribution in [3.8, 4) is 5.82 Å². The molecule has 0 aliphatic heterocycles. The van der Waals surface area contributed by atoms with Gasteiger partial charge in [0.05, 0.1) is 10.0 Å². The molecule has 3 aromatic rings. The lowest BCUT2D eigenvalue weighted by atomic mass is 10.4. The van der Waals surface area contributed by atoms with Crippen LogP contribution in [0.3, 0.4) is 0 Å². The van der Waals surface area contributed by atoms with Crippen molar-refractivity contribution < 1.29 is 0 Å². The molecule has 0 atom stereocenters. The molecule has 0 spiro atoms. The number of halogens is 4. The van der Waals surface area contributed by atoms with E-state index in [1.165, 1.54) is 4.68 Å². The van der Waals surface area contributed by atoms with E-state index in [0.29, 0.717) is 26.2 Å². The second-order valence-corrected chi connectivity index (χ2v) is 5.23. The van der Waals surface area contributed by atoms with E-state index in [1.807, 2.05) is 0 Å². The molecule has 0 amide bonds. The highest BCUT2D eigenvalue weighted by Gasteiger charge is 2.03. The Balaban J connectivity index is 0.000000173. The summed E-state index contributed by atoms with van der Waals surface area (Å²) in [6, 6.07) is 8.61. The van der Waals surface area contributed by atoms with Gasteiger partial charge in [0.15, 0.2) is 11.0 Å². The van der Waals surface area contributed by atoms with Gasteiger partial charge in [-0.2, -0.15) is 5.10 Å². The Morgan fingerprint density at radius 2 is 1.48 bits per heavy atom. The second-order valence-electron chi connectivity index (χ2n) is 3.67. The van der Waals surface area contributed by atoms with Crippen LogP contribution in [-0.4, -0.2) is 19.7 Å². The van der Waals surface area contributed by atoms with Gasteiger partial charge in [0.25, 0.3) is 0 Å². The molecule has 0 radical (unpaired) electrons. The van der Waals surface area contributed by atoms with Crippen LogP contribution in [0, 0.1) is 0 Å². The van der Waals surface area contributed by atoms with E-state index in [4.69, 9.17) is 46.4 Å². The zero-order valence-electron chi connectivity index (χ0n) is 10.4. The summed E-state index contributed by atoms with van der Waals surface area (Å²) >= 11 is 22.5. The molecule has 0 saturated heterocycles. The minimum Gasteiger partial charge on any atom is -0.243 e. The third-order valence-corrected chi connectivity index (χ3v) is 3.43. The SMILES string of the molecule is Clc1cccnc1Cl.Clc1ccn(-c2ncccc2Cl)n1. The van der Waals surface area contributed by atoms with Crippen molar-refractivity contribution in [1.29, 1.82) is 0 Å². The predicted molar refractivity (Wildman–Crippen MR) is 85.6 cm³/mol. The van der Waals surface area contributed by atoms with Crippen molar-refractivity contribution in [3.63, 3.8) is 0 Å². The summed E-state index contributed by atoms with van der Waals surface area (Å²) < 4.78 is 1.53. The Bertz CT molecular complexity index is 708. The first-order valence-electron chi connectivity index (χ1n) is 5.66. The molecule has 0 aromatic carbocycles. The molecule has 108 valence electrons. The van der Waals surface area contributed by atoms with Gasteiger partial charge in [0.1, 0.15) is 5.15 Å². The van der Waals surface area contributed by atoms with E-state index in [-0.39, 0.29) is 0 Å². The summed E-state index contributed by atoms with van der Waals surface area (Å²) in [7, 11) is 0. The van der Waals surface area contributed by atoms with E-state index in [1.54, 1.807) is 48.9 Å². The number of hydrogen-bond acceptors (Lipinski definition) is 3. The monoisotopic (exact) mass is 360 g/mol. The van der Waals surface area contributed by atoms with Gasteiger partial charge in [0, 0.05) is 18.6 Å². The van der Waals surface area contributed by atoms with Crippen LogP contribution in [0.5, 0.6) is 0 Å². The number of hydrogen-bond donors (Lipinski definition) is 0. The number of nitrogens with zero attached hydrogens (tertiary/aromatic N) is 4. The summed E-state index contributed by atoms with van der Waals surface area (Å²) in [5, 5.41) is 5.79. The summed E-state index contributed by atoms with van der Waals surface area (Å²) in [4.78, 5) is 7.78. The van der Waals surface area contributed by atoms with E-state index in [9.17, 15) is 0 Å². The van der Waals surface area contributed by atoms with Gasteiger partial charge in [0.2, 0.25) is 0 Å². The van der Waals surface area contributed by atoms with Crippen LogP contribution in [0.1, 0.15) is 0 Å². The standard InChI is InChI=1S/C8H5Cl2N3.C5H3Cl2N/c9-6-2-1-4-11-8(6)13-5-3-7(10)12-13;6-4-2-1-3-8-5(4)7/h1-5H;1-3H. The predicted octanol–water partition coefficient (Wildman–Crippen LogP) is 4.96. The van der Waals surface area contributed by atoms with Crippen LogP contribution >= 0.6 is 46.4 Å². The number of aromatic nitrogens is 4. The average Bonchev–Trinajstić information content (AvgIpc) is 2.90.